The second kappa shape index (κ2) is 5.77. The van der Waals surface area contributed by atoms with Crippen LogP contribution in [-0.2, 0) is 8.54 Å². The number of hydrogen-bond acceptors (Lipinski definition) is 2. The Labute approximate surface area is 100.0 Å². The Bertz CT molecular complexity index is 192. The van der Waals surface area contributed by atoms with Crippen molar-refractivity contribution in [2.45, 2.75) is 64.8 Å². The van der Waals surface area contributed by atoms with Crippen LogP contribution in [0.1, 0.15) is 20.3 Å². The minimum Gasteiger partial charge on any atom is -0.456 e. The molecule has 0 saturated carbocycles. The molecule has 2 atom stereocenters. The highest BCUT2D eigenvalue weighted by Crippen LogP contribution is 2.23. The fourth-order valence-electron chi connectivity index (χ4n) is 1.66. The average molecular weight is 265 g/mol. The molecule has 92 valence electrons. The lowest BCUT2D eigenvalue weighted by atomic mass is 10.3. The molecule has 0 bridgehead atoms. The molecule has 0 amide bonds. The number of rotatable bonds is 6. The van der Waals surface area contributed by atoms with Crippen molar-refractivity contribution in [2.24, 2.45) is 0 Å². The Morgan fingerprint density at radius 3 is 1.87 bits per heavy atom. The third kappa shape index (κ3) is 6.01. The van der Waals surface area contributed by atoms with Gasteiger partial charge in [-0.15, -0.1) is 0 Å². The first-order valence-corrected chi connectivity index (χ1v) is 14.4. The smallest absolute Gasteiger partial charge is 0.190 e. The topological polar surface area (TPSA) is 18.5 Å². The van der Waals surface area contributed by atoms with Crippen LogP contribution < -0.4 is 0 Å². The van der Waals surface area contributed by atoms with E-state index in [1.54, 1.807) is 0 Å². The molecule has 0 saturated heterocycles. The molecule has 2 unspecified atom stereocenters. The summed E-state index contributed by atoms with van der Waals surface area (Å²) < 4.78 is 12.5. The summed E-state index contributed by atoms with van der Waals surface area (Å²) in [6.45, 7) is 18.0. The first-order valence-electron chi connectivity index (χ1n) is 5.96. The van der Waals surface area contributed by atoms with Gasteiger partial charge in [-0.05, 0) is 52.6 Å². The molecule has 0 spiro atoms. The van der Waals surface area contributed by atoms with E-state index in [-0.39, 0.29) is 5.22 Å². The first-order chi connectivity index (χ1) is 6.60. The Morgan fingerprint density at radius 2 is 1.60 bits per heavy atom. The summed E-state index contributed by atoms with van der Waals surface area (Å²) in [5.41, 5.74) is 0. The summed E-state index contributed by atoms with van der Waals surface area (Å²) in [7, 11) is -3.61. The zero-order valence-corrected chi connectivity index (χ0v) is 15.0. The molecule has 0 aromatic rings. The molecular weight excluding hydrogens is 236 g/mol. The molecular formula is C10H28O2Si3. The highest BCUT2D eigenvalue weighted by molar-refractivity contribution is 6.77. The third-order valence-corrected chi connectivity index (χ3v) is 10.4. The van der Waals surface area contributed by atoms with Crippen LogP contribution in [0.15, 0.2) is 0 Å². The zero-order valence-electron chi connectivity index (χ0n) is 11.7. The Morgan fingerprint density at radius 1 is 1.13 bits per heavy atom. The van der Waals surface area contributed by atoms with Gasteiger partial charge in [-0.1, -0.05) is 6.92 Å². The van der Waals surface area contributed by atoms with E-state index in [2.05, 4.69) is 53.1 Å². The molecule has 0 aliphatic carbocycles. The average Bonchev–Trinajstić information content (AvgIpc) is 1.99. The van der Waals surface area contributed by atoms with E-state index in [9.17, 15) is 0 Å². The molecule has 0 aliphatic heterocycles. The summed E-state index contributed by atoms with van der Waals surface area (Å²) >= 11 is 0. The maximum absolute atomic E-state index is 6.27. The fourth-order valence-corrected chi connectivity index (χ4v) is 10.3. The summed E-state index contributed by atoms with van der Waals surface area (Å²) in [6, 6.07) is 0. The van der Waals surface area contributed by atoms with Gasteiger partial charge in [-0.2, -0.15) is 0 Å². The van der Waals surface area contributed by atoms with Gasteiger partial charge in [0.15, 0.2) is 26.4 Å². The molecule has 0 aromatic carbocycles. The first kappa shape index (κ1) is 15.6. The van der Waals surface area contributed by atoms with Crippen molar-refractivity contribution < 1.29 is 8.54 Å². The standard InChI is InChI=1S/C10H28O2Si3/c1-9-10(2,11-13(3)4)14(5)12-15(6,7)8/h13-14H,9H2,1-8H3. The molecule has 0 aliphatic rings. The van der Waals surface area contributed by atoms with Crippen LogP contribution in [0.4, 0.5) is 0 Å². The maximum atomic E-state index is 6.27. The van der Waals surface area contributed by atoms with Gasteiger partial charge < -0.3 is 8.54 Å². The van der Waals surface area contributed by atoms with Crippen LogP contribution in [0, 0.1) is 0 Å². The van der Waals surface area contributed by atoms with Gasteiger partial charge in [0.25, 0.3) is 0 Å². The van der Waals surface area contributed by atoms with Crippen molar-refractivity contribution in [1.82, 2.24) is 0 Å². The summed E-state index contributed by atoms with van der Waals surface area (Å²) in [6.07, 6.45) is 1.08. The fraction of sp³-hybridized carbons (Fsp3) is 1.00. The summed E-state index contributed by atoms with van der Waals surface area (Å²) in [5, 5.41) is 0.0423. The van der Waals surface area contributed by atoms with Crippen molar-refractivity contribution in [3.63, 3.8) is 0 Å². The van der Waals surface area contributed by atoms with Crippen LogP contribution >= 0.6 is 0 Å². The minimum absolute atomic E-state index is 0.0423. The Balaban J connectivity index is 4.51. The highest BCUT2D eigenvalue weighted by atomic mass is 28.4. The molecule has 0 heterocycles. The number of hydrogen-bond donors (Lipinski definition) is 0. The van der Waals surface area contributed by atoms with E-state index >= 15 is 0 Å². The maximum Gasteiger partial charge on any atom is 0.190 e. The quantitative estimate of drug-likeness (QED) is 0.687. The van der Waals surface area contributed by atoms with E-state index in [1.807, 2.05) is 0 Å². The van der Waals surface area contributed by atoms with Gasteiger partial charge in [0.05, 0.1) is 5.22 Å². The predicted octanol–water partition coefficient (Wildman–Crippen LogP) is 2.90. The molecule has 0 rings (SSSR count). The van der Waals surface area contributed by atoms with Crippen molar-refractivity contribution in [3.8, 4) is 0 Å². The molecule has 0 radical (unpaired) electrons. The van der Waals surface area contributed by atoms with Gasteiger partial charge in [-0.25, -0.2) is 0 Å². The monoisotopic (exact) mass is 264 g/mol. The van der Waals surface area contributed by atoms with Crippen molar-refractivity contribution in [3.05, 3.63) is 0 Å². The van der Waals surface area contributed by atoms with Crippen LogP contribution in [0.5, 0.6) is 0 Å². The lowest BCUT2D eigenvalue weighted by molar-refractivity contribution is 0.151. The van der Waals surface area contributed by atoms with E-state index < -0.39 is 26.4 Å². The lowest BCUT2D eigenvalue weighted by Crippen LogP contribution is -2.51. The molecule has 2 nitrogen and oxygen atoms in total. The van der Waals surface area contributed by atoms with Crippen LogP contribution in [0.2, 0.25) is 39.3 Å². The largest absolute Gasteiger partial charge is 0.456 e. The van der Waals surface area contributed by atoms with Crippen molar-refractivity contribution in [1.29, 1.82) is 0 Å². The zero-order chi connectivity index (χ0) is 12.3. The van der Waals surface area contributed by atoms with Gasteiger partial charge in [0, 0.05) is 0 Å². The van der Waals surface area contributed by atoms with Crippen LogP contribution in [0.3, 0.4) is 0 Å². The Hall–Kier alpha value is 0.571. The van der Waals surface area contributed by atoms with Crippen LogP contribution in [0.25, 0.3) is 0 Å². The predicted molar refractivity (Wildman–Crippen MR) is 76.1 cm³/mol. The van der Waals surface area contributed by atoms with Crippen molar-refractivity contribution in [2.75, 3.05) is 0 Å². The minimum atomic E-state index is -1.40. The van der Waals surface area contributed by atoms with E-state index in [0.717, 1.165) is 6.42 Å². The summed E-state index contributed by atoms with van der Waals surface area (Å²) in [5.74, 6) is 0. The molecule has 5 heteroatoms. The normalized spacial score (nSPS) is 19.0. The lowest BCUT2D eigenvalue weighted by Gasteiger charge is -2.38. The molecule has 0 fully saturated rings. The second-order valence-corrected chi connectivity index (χ2v) is 15.7. The van der Waals surface area contributed by atoms with Crippen molar-refractivity contribution >= 4 is 26.4 Å². The van der Waals surface area contributed by atoms with E-state index in [0.29, 0.717) is 0 Å². The SMILES string of the molecule is CCC(C)(O[SiH](C)C)[SiH](C)O[Si](C)(C)C. The van der Waals surface area contributed by atoms with E-state index in [1.165, 1.54) is 0 Å². The van der Waals surface area contributed by atoms with Gasteiger partial charge in [0.1, 0.15) is 0 Å². The van der Waals surface area contributed by atoms with E-state index in [4.69, 9.17) is 8.54 Å². The second-order valence-electron chi connectivity index (χ2n) is 5.71. The third-order valence-electron chi connectivity index (χ3n) is 2.60. The van der Waals surface area contributed by atoms with Gasteiger partial charge >= 0.3 is 0 Å². The molecule has 15 heavy (non-hydrogen) atoms. The highest BCUT2D eigenvalue weighted by Gasteiger charge is 2.36. The Kier molecular flexibility index (Phi) is 5.99. The van der Waals surface area contributed by atoms with Gasteiger partial charge in [0.2, 0.25) is 0 Å². The summed E-state index contributed by atoms with van der Waals surface area (Å²) in [4.78, 5) is 0. The van der Waals surface area contributed by atoms with Gasteiger partial charge in [-0.3, -0.25) is 0 Å². The molecule has 0 N–H and O–H groups in total. The molecule has 0 aromatic heterocycles. The van der Waals surface area contributed by atoms with Crippen LogP contribution in [-0.4, -0.2) is 31.6 Å².